The van der Waals surface area contributed by atoms with Gasteiger partial charge < -0.3 is 0 Å². The zero-order valence-corrected chi connectivity index (χ0v) is 7.02. The Morgan fingerprint density at radius 2 is 1.75 bits per heavy atom. The highest BCUT2D eigenvalue weighted by molar-refractivity contribution is 6.78. The SMILES string of the molecule is CC(C#N)[Si](C)(C)C. The van der Waals surface area contributed by atoms with E-state index < -0.39 is 8.07 Å². The zero-order chi connectivity index (χ0) is 6.78. The van der Waals surface area contributed by atoms with Crippen molar-refractivity contribution in [2.45, 2.75) is 32.1 Å². The van der Waals surface area contributed by atoms with Gasteiger partial charge in [0.15, 0.2) is 0 Å². The Bertz CT molecular complexity index is 107. The van der Waals surface area contributed by atoms with Gasteiger partial charge in [-0.05, 0) is 0 Å². The van der Waals surface area contributed by atoms with Crippen LogP contribution in [-0.2, 0) is 0 Å². The van der Waals surface area contributed by atoms with Crippen LogP contribution in [0.3, 0.4) is 0 Å². The molecule has 0 N–H and O–H groups in total. The maximum atomic E-state index is 8.46. The molecule has 8 heavy (non-hydrogen) atoms. The first-order valence-electron chi connectivity index (χ1n) is 2.88. The summed E-state index contributed by atoms with van der Waals surface area (Å²) in [5.74, 6) is 0. The summed E-state index contributed by atoms with van der Waals surface area (Å²) in [5, 5.41) is 8.46. The fourth-order valence-electron chi connectivity index (χ4n) is 0.194. The molecule has 0 aliphatic carbocycles. The van der Waals surface area contributed by atoms with Crippen LogP contribution in [-0.4, -0.2) is 8.07 Å². The quantitative estimate of drug-likeness (QED) is 0.495. The Labute approximate surface area is 52.3 Å². The summed E-state index contributed by atoms with van der Waals surface area (Å²) in [6.45, 7) is 8.63. The molecule has 1 unspecified atom stereocenters. The van der Waals surface area contributed by atoms with Gasteiger partial charge in [-0.15, -0.1) is 0 Å². The molecule has 0 fully saturated rings. The van der Waals surface area contributed by atoms with Crippen LogP contribution in [0, 0.1) is 11.3 Å². The third-order valence-corrected chi connectivity index (χ3v) is 4.22. The van der Waals surface area contributed by atoms with E-state index in [0.29, 0.717) is 5.54 Å². The highest BCUT2D eigenvalue weighted by Gasteiger charge is 2.21. The van der Waals surface area contributed by atoms with Crippen LogP contribution in [0.4, 0.5) is 0 Å². The van der Waals surface area contributed by atoms with Crippen LogP contribution in [0.2, 0.25) is 25.2 Å². The van der Waals surface area contributed by atoms with Crippen molar-refractivity contribution in [3.63, 3.8) is 0 Å². The van der Waals surface area contributed by atoms with Crippen molar-refractivity contribution < 1.29 is 0 Å². The molecular weight excluding hydrogens is 114 g/mol. The Hall–Kier alpha value is -0.293. The lowest BCUT2D eigenvalue weighted by Gasteiger charge is -2.17. The van der Waals surface area contributed by atoms with E-state index in [9.17, 15) is 0 Å². The van der Waals surface area contributed by atoms with Crippen LogP contribution < -0.4 is 0 Å². The van der Waals surface area contributed by atoms with Gasteiger partial charge in [0.1, 0.15) is 0 Å². The van der Waals surface area contributed by atoms with Gasteiger partial charge in [-0.2, -0.15) is 5.26 Å². The van der Waals surface area contributed by atoms with E-state index in [1.54, 1.807) is 0 Å². The van der Waals surface area contributed by atoms with Crippen molar-refractivity contribution >= 4 is 8.07 Å². The summed E-state index contributed by atoms with van der Waals surface area (Å²) in [4.78, 5) is 0. The second kappa shape index (κ2) is 2.32. The van der Waals surface area contributed by atoms with Gasteiger partial charge in [0.25, 0.3) is 0 Å². The molecule has 46 valence electrons. The van der Waals surface area contributed by atoms with E-state index in [0.717, 1.165) is 0 Å². The van der Waals surface area contributed by atoms with Gasteiger partial charge in [-0.3, -0.25) is 0 Å². The Kier molecular flexibility index (Phi) is 2.23. The largest absolute Gasteiger partial charge is 0.198 e. The molecule has 0 aromatic heterocycles. The molecule has 0 rings (SSSR count). The predicted molar refractivity (Wildman–Crippen MR) is 38.4 cm³/mol. The first kappa shape index (κ1) is 7.71. The molecule has 0 saturated heterocycles. The molecule has 1 nitrogen and oxygen atoms in total. The van der Waals surface area contributed by atoms with Crippen LogP contribution in [0.5, 0.6) is 0 Å². The molecule has 0 spiro atoms. The molecule has 0 radical (unpaired) electrons. The van der Waals surface area contributed by atoms with Crippen molar-refractivity contribution in [3.05, 3.63) is 0 Å². The van der Waals surface area contributed by atoms with Crippen LogP contribution in [0.15, 0.2) is 0 Å². The number of hydrogen-bond acceptors (Lipinski definition) is 1. The molecule has 0 heterocycles. The maximum Gasteiger partial charge on any atom is 0.0636 e. The fraction of sp³-hybridized carbons (Fsp3) is 0.833. The van der Waals surface area contributed by atoms with E-state index in [4.69, 9.17) is 5.26 Å². The summed E-state index contributed by atoms with van der Waals surface area (Å²) in [6, 6.07) is 2.27. The molecule has 0 aliphatic heterocycles. The third kappa shape index (κ3) is 2.13. The summed E-state index contributed by atoms with van der Waals surface area (Å²) in [5.41, 5.74) is 0.294. The molecule has 2 heteroatoms. The lowest BCUT2D eigenvalue weighted by molar-refractivity contribution is 1.14. The van der Waals surface area contributed by atoms with Crippen LogP contribution in [0.1, 0.15) is 6.92 Å². The van der Waals surface area contributed by atoms with Gasteiger partial charge in [-0.1, -0.05) is 26.6 Å². The number of nitrogens with zero attached hydrogens (tertiary/aromatic N) is 1. The predicted octanol–water partition coefficient (Wildman–Crippen LogP) is 2.24. The second-order valence-corrected chi connectivity index (χ2v) is 8.81. The van der Waals surface area contributed by atoms with Crippen molar-refractivity contribution in [1.82, 2.24) is 0 Å². The van der Waals surface area contributed by atoms with E-state index in [-0.39, 0.29) is 0 Å². The highest BCUT2D eigenvalue weighted by Crippen LogP contribution is 2.18. The smallest absolute Gasteiger partial charge is 0.0636 e. The minimum Gasteiger partial charge on any atom is -0.198 e. The summed E-state index contributed by atoms with van der Waals surface area (Å²) < 4.78 is 0. The van der Waals surface area contributed by atoms with Gasteiger partial charge in [0.05, 0.1) is 14.1 Å². The molecule has 0 aromatic rings. The molecule has 0 aliphatic rings. The monoisotopic (exact) mass is 127 g/mol. The number of nitriles is 1. The number of rotatable bonds is 1. The van der Waals surface area contributed by atoms with Crippen LogP contribution >= 0.6 is 0 Å². The van der Waals surface area contributed by atoms with E-state index >= 15 is 0 Å². The van der Waals surface area contributed by atoms with Crippen LogP contribution in [0.25, 0.3) is 0 Å². The topological polar surface area (TPSA) is 23.8 Å². The van der Waals surface area contributed by atoms with Crippen molar-refractivity contribution in [1.29, 1.82) is 5.26 Å². The first-order valence-corrected chi connectivity index (χ1v) is 6.46. The summed E-state index contributed by atoms with van der Waals surface area (Å²) in [7, 11) is -1.12. The second-order valence-electron chi connectivity index (χ2n) is 3.22. The Morgan fingerprint density at radius 1 is 1.38 bits per heavy atom. The molecule has 1 atom stereocenters. The molecule has 0 aromatic carbocycles. The normalized spacial score (nSPS) is 14.9. The molecular formula is C6H13NSi. The highest BCUT2D eigenvalue weighted by atomic mass is 28.3. The lowest BCUT2D eigenvalue weighted by Crippen LogP contribution is -2.24. The lowest BCUT2D eigenvalue weighted by atomic mass is 10.5. The van der Waals surface area contributed by atoms with E-state index in [2.05, 4.69) is 25.7 Å². The van der Waals surface area contributed by atoms with Gasteiger partial charge >= 0.3 is 0 Å². The number of hydrogen-bond donors (Lipinski definition) is 0. The Morgan fingerprint density at radius 3 is 1.75 bits per heavy atom. The van der Waals surface area contributed by atoms with Crippen molar-refractivity contribution in [2.75, 3.05) is 0 Å². The third-order valence-electron chi connectivity index (χ3n) is 1.49. The molecule has 0 saturated carbocycles. The first-order chi connectivity index (χ1) is 3.48. The summed E-state index contributed by atoms with van der Waals surface area (Å²) >= 11 is 0. The fourth-order valence-corrected chi connectivity index (χ4v) is 0.581. The average molecular weight is 127 g/mol. The Balaban J connectivity index is 3.87. The van der Waals surface area contributed by atoms with E-state index in [1.165, 1.54) is 0 Å². The maximum absolute atomic E-state index is 8.46. The average Bonchev–Trinajstić information content (AvgIpc) is 1.62. The van der Waals surface area contributed by atoms with Gasteiger partial charge in [0, 0.05) is 5.54 Å². The summed E-state index contributed by atoms with van der Waals surface area (Å²) in [6.07, 6.45) is 0. The molecule has 0 bridgehead atoms. The van der Waals surface area contributed by atoms with Gasteiger partial charge in [-0.25, -0.2) is 0 Å². The zero-order valence-electron chi connectivity index (χ0n) is 6.02. The minimum atomic E-state index is -1.12. The van der Waals surface area contributed by atoms with E-state index in [1.807, 2.05) is 6.92 Å². The minimum absolute atomic E-state index is 0.294. The van der Waals surface area contributed by atoms with Gasteiger partial charge in [0.2, 0.25) is 0 Å². The molecule has 0 amide bonds. The standard InChI is InChI=1S/C6H13NSi/c1-6(5-7)8(2,3)4/h6H,1-4H3. The van der Waals surface area contributed by atoms with Crippen molar-refractivity contribution in [2.24, 2.45) is 0 Å². The van der Waals surface area contributed by atoms with Crippen molar-refractivity contribution in [3.8, 4) is 6.07 Å².